The lowest BCUT2D eigenvalue weighted by Gasteiger charge is -2.06. The van der Waals surface area contributed by atoms with Crippen LogP contribution in [0.25, 0.3) is 0 Å². The molecule has 13 heavy (non-hydrogen) atoms. The van der Waals surface area contributed by atoms with E-state index in [4.69, 9.17) is 5.84 Å². The Balaban J connectivity index is 3.29. The summed E-state index contributed by atoms with van der Waals surface area (Å²) in [5.41, 5.74) is 0.764. The van der Waals surface area contributed by atoms with Crippen molar-refractivity contribution < 1.29 is 8.42 Å². The summed E-state index contributed by atoms with van der Waals surface area (Å²) in [6, 6.07) is 6.77. The smallest absolute Gasteiger partial charge is 0.253 e. The van der Waals surface area contributed by atoms with Gasteiger partial charge in [0.05, 0.1) is 4.90 Å². The number of aryl methyl sites for hydroxylation is 1. The van der Waals surface area contributed by atoms with Crippen LogP contribution in [0, 0.1) is 0 Å². The topological polar surface area (TPSA) is 72.2 Å². The van der Waals surface area contributed by atoms with E-state index in [1.165, 1.54) is 6.07 Å². The molecule has 0 spiro atoms. The van der Waals surface area contributed by atoms with Gasteiger partial charge in [-0.2, -0.15) is 4.83 Å². The summed E-state index contributed by atoms with van der Waals surface area (Å²) in [5.74, 6) is 4.92. The van der Waals surface area contributed by atoms with Crippen molar-refractivity contribution in [1.29, 1.82) is 0 Å². The predicted molar refractivity (Wildman–Crippen MR) is 50.3 cm³/mol. The zero-order chi connectivity index (χ0) is 9.90. The molecule has 0 unspecified atom stereocenters. The summed E-state index contributed by atoms with van der Waals surface area (Å²) >= 11 is 0. The van der Waals surface area contributed by atoms with E-state index in [0.29, 0.717) is 6.42 Å². The Morgan fingerprint density at radius 2 is 2.00 bits per heavy atom. The van der Waals surface area contributed by atoms with Crippen LogP contribution in [-0.2, 0) is 16.4 Å². The van der Waals surface area contributed by atoms with Gasteiger partial charge in [0.15, 0.2) is 0 Å². The molecule has 1 aromatic carbocycles. The molecule has 0 aliphatic heterocycles. The zero-order valence-electron chi connectivity index (χ0n) is 7.32. The van der Waals surface area contributed by atoms with Crippen LogP contribution < -0.4 is 10.7 Å². The Morgan fingerprint density at radius 3 is 2.54 bits per heavy atom. The van der Waals surface area contributed by atoms with Crippen molar-refractivity contribution in [1.82, 2.24) is 4.83 Å². The molecule has 1 rings (SSSR count). The maximum absolute atomic E-state index is 11.3. The highest BCUT2D eigenvalue weighted by atomic mass is 32.2. The molecule has 0 atom stereocenters. The minimum Gasteiger partial charge on any atom is -0.257 e. The fourth-order valence-corrected chi connectivity index (χ4v) is 2.06. The molecule has 5 heteroatoms. The molecule has 0 aliphatic rings. The first kappa shape index (κ1) is 10.2. The maximum Gasteiger partial charge on any atom is 0.253 e. The molecule has 0 aliphatic carbocycles. The normalized spacial score (nSPS) is 11.5. The molecular formula is C8H12N2O2S. The zero-order valence-corrected chi connectivity index (χ0v) is 8.14. The van der Waals surface area contributed by atoms with E-state index < -0.39 is 10.0 Å². The van der Waals surface area contributed by atoms with Crippen molar-refractivity contribution in [2.24, 2.45) is 5.84 Å². The second kappa shape index (κ2) is 3.87. The van der Waals surface area contributed by atoms with Crippen LogP contribution in [-0.4, -0.2) is 8.42 Å². The Bertz CT molecular complexity index is 387. The number of rotatable bonds is 3. The molecule has 0 amide bonds. The third-order valence-electron chi connectivity index (χ3n) is 1.80. The number of hydrogen-bond donors (Lipinski definition) is 2. The van der Waals surface area contributed by atoms with Crippen molar-refractivity contribution >= 4 is 10.0 Å². The number of nitrogens with one attached hydrogen (secondary N) is 1. The molecule has 0 heterocycles. The molecule has 72 valence electrons. The average molecular weight is 200 g/mol. The number of sulfonamides is 1. The van der Waals surface area contributed by atoms with Crippen molar-refractivity contribution in [3.63, 3.8) is 0 Å². The van der Waals surface area contributed by atoms with Crippen LogP contribution in [0.1, 0.15) is 12.5 Å². The van der Waals surface area contributed by atoms with Crippen LogP contribution in [0.3, 0.4) is 0 Å². The predicted octanol–water partition coefficient (Wildman–Crippen LogP) is 0.401. The van der Waals surface area contributed by atoms with E-state index in [-0.39, 0.29) is 4.90 Å². The molecule has 3 N–H and O–H groups in total. The SMILES string of the molecule is CCc1ccccc1S(=O)(=O)NN. The molecule has 0 saturated heterocycles. The summed E-state index contributed by atoms with van der Waals surface area (Å²) in [5, 5.41) is 0. The van der Waals surface area contributed by atoms with Gasteiger partial charge in [-0.25, -0.2) is 8.42 Å². The van der Waals surface area contributed by atoms with Crippen molar-refractivity contribution in [3.8, 4) is 0 Å². The largest absolute Gasteiger partial charge is 0.257 e. The molecule has 1 aromatic rings. The Kier molecular flexibility index (Phi) is 3.02. The van der Waals surface area contributed by atoms with Crippen LogP contribution >= 0.6 is 0 Å². The van der Waals surface area contributed by atoms with E-state index in [9.17, 15) is 8.42 Å². The molecule has 0 aromatic heterocycles. The standard InChI is InChI=1S/C8H12N2O2S/c1-2-7-5-3-4-6-8(7)13(11,12)10-9/h3-6,10H,2,9H2,1H3. The third-order valence-corrected chi connectivity index (χ3v) is 3.09. The minimum absolute atomic E-state index is 0.250. The monoisotopic (exact) mass is 200 g/mol. The lowest BCUT2D eigenvalue weighted by molar-refractivity contribution is 0.583. The van der Waals surface area contributed by atoms with E-state index in [1.807, 2.05) is 6.92 Å². The van der Waals surface area contributed by atoms with E-state index in [2.05, 4.69) is 0 Å². The average Bonchev–Trinajstić information content (AvgIpc) is 2.18. The lowest BCUT2D eigenvalue weighted by Crippen LogP contribution is -2.30. The van der Waals surface area contributed by atoms with Gasteiger partial charge in [-0.05, 0) is 18.1 Å². The van der Waals surface area contributed by atoms with E-state index >= 15 is 0 Å². The summed E-state index contributed by atoms with van der Waals surface area (Å²) in [7, 11) is -3.51. The summed E-state index contributed by atoms with van der Waals surface area (Å²) in [6.45, 7) is 1.89. The lowest BCUT2D eigenvalue weighted by atomic mass is 10.2. The van der Waals surface area contributed by atoms with Gasteiger partial charge in [-0.1, -0.05) is 25.1 Å². The Hall–Kier alpha value is -0.910. The number of hydrogen-bond acceptors (Lipinski definition) is 3. The van der Waals surface area contributed by atoms with Crippen LogP contribution in [0.5, 0.6) is 0 Å². The number of hydrazine groups is 1. The van der Waals surface area contributed by atoms with Crippen molar-refractivity contribution in [2.75, 3.05) is 0 Å². The molecular weight excluding hydrogens is 188 g/mol. The Morgan fingerprint density at radius 1 is 1.38 bits per heavy atom. The van der Waals surface area contributed by atoms with Crippen molar-refractivity contribution in [3.05, 3.63) is 29.8 Å². The van der Waals surface area contributed by atoms with Gasteiger partial charge in [0.25, 0.3) is 10.0 Å². The first-order chi connectivity index (χ1) is 6.11. The fourth-order valence-electron chi connectivity index (χ4n) is 1.12. The molecule has 0 radical (unpaired) electrons. The highest BCUT2D eigenvalue weighted by Gasteiger charge is 2.14. The van der Waals surface area contributed by atoms with Crippen LogP contribution in [0.2, 0.25) is 0 Å². The second-order valence-corrected chi connectivity index (χ2v) is 4.26. The van der Waals surface area contributed by atoms with E-state index in [1.54, 1.807) is 23.0 Å². The fraction of sp³-hybridized carbons (Fsp3) is 0.250. The van der Waals surface area contributed by atoms with Crippen LogP contribution in [0.15, 0.2) is 29.2 Å². The molecule has 0 bridgehead atoms. The molecule has 0 fully saturated rings. The van der Waals surface area contributed by atoms with Gasteiger partial charge in [-0.15, -0.1) is 0 Å². The maximum atomic E-state index is 11.3. The van der Waals surface area contributed by atoms with Crippen molar-refractivity contribution in [2.45, 2.75) is 18.2 Å². The highest BCUT2D eigenvalue weighted by molar-refractivity contribution is 7.89. The third kappa shape index (κ3) is 2.06. The minimum atomic E-state index is -3.51. The van der Waals surface area contributed by atoms with Gasteiger partial charge < -0.3 is 0 Å². The summed E-state index contributed by atoms with van der Waals surface area (Å²) in [6.07, 6.45) is 0.664. The number of benzene rings is 1. The highest BCUT2D eigenvalue weighted by Crippen LogP contribution is 2.14. The van der Waals surface area contributed by atoms with Gasteiger partial charge in [-0.3, -0.25) is 5.84 Å². The quantitative estimate of drug-likeness (QED) is 0.548. The summed E-state index contributed by atoms with van der Waals surface area (Å²) < 4.78 is 22.7. The first-order valence-corrected chi connectivity index (χ1v) is 5.40. The van der Waals surface area contributed by atoms with Gasteiger partial charge in [0.2, 0.25) is 0 Å². The molecule has 4 nitrogen and oxygen atoms in total. The molecule has 0 saturated carbocycles. The second-order valence-electron chi connectivity index (χ2n) is 2.58. The Labute approximate surface area is 77.8 Å². The van der Waals surface area contributed by atoms with Gasteiger partial charge >= 0.3 is 0 Å². The van der Waals surface area contributed by atoms with Gasteiger partial charge in [0.1, 0.15) is 0 Å². The summed E-state index contributed by atoms with van der Waals surface area (Å²) in [4.78, 5) is 2.05. The van der Waals surface area contributed by atoms with E-state index in [0.717, 1.165) is 5.56 Å². The first-order valence-electron chi connectivity index (χ1n) is 3.92. The number of nitrogens with two attached hydrogens (primary N) is 1. The van der Waals surface area contributed by atoms with Crippen LogP contribution in [0.4, 0.5) is 0 Å². The van der Waals surface area contributed by atoms with Gasteiger partial charge in [0, 0.05) is 0 Å².